The number of amides is 3. The molecule has 3 amide bonds. The lowest BCUT2D eigenvalue weighted by Gasteiger charge is -2.51. The first-order chi connectivity index (χ1) is 19.6. The van der Waals surface area contributed by atoms with E-state index >= 15 is 0 Å². The van der Waals surface area contributed by atoms with Crippen LogP contribution in [0.4, 0.5) is 9.59 Å². The number of nitrogens with one attached hydrogen (secondary N) is 2. The third-order valence-electron chi connectivity index (χ3n) is 6.37. The summed E-state index contributed by atoms with van der Waals surface area (Å²) < 4.78 is 44.0. The van der Waals surface area contributed by atoms with E-state index in [1.165, 1.54) is 26.2 Å². The Balaban J connectivity index is 2.31. The summed E-state index contributed by atoms with van der Waals surface area (Å²) in [5.41, 5.74) is -3.49. The van der Waals surface area contributed by atoms with Crippen LogP contribution in [0.2, 0.25) is 0 Å². The van der Waals surface area contributed by atoms with Crippen LogP contribution in [0.15, 0.2) is 0 Å². The third-order valence-corrected chi connectivity index (χ3v) is 6.37. The maximum atomic E-state index is 13.3. The van der Waals surface area contributed by atoms with E-state index < -0.39 is 65.5 Å². The molecular weight excluding hydrogens is 558 g/mol. The molecule has 3 N–H and O–H groups in total. The Morgan fingerprint density at radius 2 is 1.57 bits per heavy atom. The van der Waals surface area contributed by atoms with Crippen LogP contribution in [-0.4, -0.2) is 130 Å². The fraction of sp³-hybridized carbons (Fsp3) is 0.889. The van der Waals surface area contributed by atoms with Gasteiger partial charge in [-0.25, -0.2) is 9.59 Å². The Morgan fingerprint density at radius 1 is 0.952 bits per heavy atom. The van der Waals surface area contributed by atoms with Gasteiger partial charge in [0.25, 0.3) is 0 Å². The average molecular weight is 608 g/mol. The zero-order valence-electron chi connectivity index (χ0n) is 26.2. The fourth-order valence-corrected chi connectivity index (χ4v) is 4.80. The number of carbonyl (C=O) groups excluding carboxylic acids is 3. The number of hydrogen-bond donors (Lipinski definition) is 3. The molecule has 2 saturated heterocycles. The maximum Gasteiger partial charge on any atom is 0.410 e. The smallest absolute Gasteiger partial charge is 0.410 e. The predicted molar refractivity (Wildman–Crippen MR) is 147 cm³/mol. The molecule has 244 valence electrons. The van der Waals surface area contributed by atoms with Crippen molar-refractivity contribution < 1.29 is 57.4 Å². The molecule has 0 aromatic rings. The first kappa shape index (κ1) is 35.9. The van der Waals surface area contributed by atoms with Crippen molar-refractivity contribution in [1.29, 1.82) is 0 Å². The highest BCUT2D eigenvalue weighted by atomic mass is 16.8. The molecule has 2 fully saturated rings. The minimum absolute atomic E-state index is 0.149. The molecule has 0 spiro atoms. The van der Waals surface area contributed by atoms with Crippen LogP contribution in [-0.2, 0) is 42.7 Å². The number of alkyl carbamates (subject to hydrolysis) is 1. The molecule has 2 heterocycles. The molecule has 2 aliphatic heterocycles. The largest absolute Gasteiger partial charge is 0.444 e. The first-order valence-corrected chi connectivity index (χ1v) is 13.9. The number of rotatable bonds is 12. The minimum Gasteiger partial charge on any atom is -0.444 e. The standard InChI is InChI=1S/C27H49N3O12/c1-25(2,3)41-23(32)29-19-22(39-16-37-9)40-18(20(38-15-36-8)27(19,34)14-35-7)13-28-21(31)17-11-10-12-30(17)24(33)42-26(4,5)6/h17-20,22,34H,10-16H2,1-9H3,(H,28,31)(H,29,32)/t17-,18-,19+,20-,22?,27-/m1/s1. The maximum absolute atomic E-state index is 13.3. The van der Waals surface area contributed by atoms with Gasteiger partial charge in [-0.1, -0.05) is 0 Å². The predicted octanol–water partition coefficient (Wildman–Crippen LogP) is 1.11. The van der Waals surface area contributed by atoms with Crippen LogP contribution in [0.5, 0.6) is 0 Å². The molecule has 0 aliphatic carbocycles. The van der Waals surface area contributed by atoms with E-state index in [4.69, 9.17) is 37.9 Å². The number of aliphatic hydroxyl groups is 1. The monoisotopic (exact) mass is 607 g/mol. The fourth-order valence-electron chi connectivity index (χ4n) is 4.80. The second-order valence-electron chi connectivity index (χ2n) is 12.2. The lowest BCUT2D eigenvalue weighted by molar-refractivity contribution is -0.326. The van der Waals surface area contributed by atoms with Gasteiger partial charge in [-0.2, -0.15) is 0 Å². The van der Waals surface area contributed by atoms with E-state index in [-0.39, 0.29) is 26.7 Å². The summed E-state index contributed by atoms with van der Waals surface area (Å²) in [6.07, 6.45) is -3.80. The molecule has 0 bridgehead atoms. The van der Waals surface area contributed by atoms with Crippen LogP contribution < -0.4 is 10.6 Å². The van der Waals surface area contributed by atoms with Crippen molar-refractivity contribution in [3.8, 4) is 0 Å². The summed E-state index contributed by atoms with van der Waals surface area (Å²) in [5, 5.41) is 17.5. The highest BCUT2D eigenvalue weighted by Crippen LogP contribution is 2.34. The Hall–Kier alpha value is -2.27. The quantitative estimate of drug-likeness (QED) is 0.270. The number of ether oxygens (including phenoxy) is 8. The van der Waals surface area contributed by atoms with Gasteiger partial charge < -0.3 is 53.6 Å². The van der Waals surface area contributed by atoms with Gasteiger partial charge in [0.15, 0.2) is 6.29 Å². The Morgan fingerprint density at radius 3 is 2.14 bits per heavy atom. The second-order valence-corrected chi connectivity index (χ2v) is 12.2. The molecule has 6 atom stereocenters. The number of methoxy groups -OCH3 is 3. The Bertz CT molecular complexity index is 893. The summed E-state index contributed by atoms with van der Waals surface area (Å²) in [4.78, 5) is 40.2. The van der Waals surface area contributed by atoms with Gasteiger partial charge in [0.1, 0.15) is 54.7 Å². The van der Waals surface area contributed by atoms with Gasteiger partial charge in [-0.3, -0.25) is 9.69 Å². The van der Waals surface area contributed by atoms with Gasteiger partial charge >= 0.3 is 12.2 Å². The number of likely N-dealkylation sites (tertiary alicyclic amines) is 1. The summed E-state index contributed by atoms with van der Waals surface area (Å²) in [5.74, 6) is -0.425. The lowest BCUT2D eigenvalue weighted by atomic mass is 9.82. The van der Waals surface area contributed by atoms with Crippen LogP contribution >= 0.6 is 0 Å². The minimum atomic E-state index is -1.95. The topological polar surface area (TPSA) is 173 Å². The average Bonchev–Trinajstić information content (AvgIpc) is 3.36. The number of hydrogen-bond acceptors (Lipinski definition) is 12. The van der Waals surface area contributed by atoms with Crippen molar-refractivity contribution in [3.63, 3.8) is 0 Å². The second kappa shape index (κ2) is 15.5. The molecule has 0 saturated carbocycles. The van der Waals surface area contributed by atoms with Crippen LogP contribution in [0.25, 0.3) is 0 Å². The van der Waals surface area contributed by atoms with Gasteiger partial charge in [-0.05, 0) is 54.4 Å². The van der Waals surface area contributed by atoms with Crippen LogP contribution in [0.3, 0.4) is 0 Å². The Labute approximate surface area is 247 Å². The molecule has 0 radical (unpaired) electrons. The van der Waals surface area contributed by atoms with Crippen molar-refractivity contribution in [1.82, 2.24) is 15.5 Å². The zero-order chi connectivity index (χ0) is 31.7. The molecule has 15 nitrogen and oxygen atoms in total. The molecule has 2 rings (SSSR count). The molecule has 0 aromatic heterocycles. The van der Waals surface area contributed by atoms with Crippen molar-refractivity contribution in [2.45, 2.75) is 102 Å². The van der Waals surface area contributed by atoms with Gasteiger partial charge in [0.05, 0.1) is 6.61 Å². The highest BCUT2D eigenvalue weighted by molar-refractivity contribution is 5.86. The molecular formula is C27H49N3O12. The van der Waals surface area contributed by atoms with Crippen molar-refractivity contribution in [3.05, 3.63) is 0 Å². The van der Waals surface area contributed by atoms with E-state index in [2.05, 4.69) is 10.6 Å². The third kappa shape index (κ3) is 10.2. The summed E-state index contributed by atoms with van der Waals surface area (Å²) in [6, 6.07) is -2.00. The zero-order valence-corrected chi connectivity index (χ0v) is 26.2. The SMILES string of the molecule is COCOC1O[C@H](CNC(=O)[C@H]2CCCN2C(=O)OC(C)(C)C)[C@@H](OCOC)[C@@](O)(COC)[C@H]1NC(=O)OC(C)(C)C. The van der Waals surface area contributed by atoms with Gasteiger partial charge in [0, 0.05) is 34.4 Å². The van der Waals surface area contributed by atoms with Gasteiger partial charge in [-0.15, -0.1) is 0 Å². The van der Waals surface area contributed by atoms with E-state index in [0.717, 1.165) is 0 Å². The summed E-state index contributed by atoms with van der Waals surface area (Å²) >= 11 is 0. The van der Waals surface area contributed by atoms with E-state index in [0.29, 0.717) is 19.4 Å². The Kier molecular flexibility index (Phi) is 13.2. The molecule has 15 heteroatoms. The van der Waals surface area contributed by atoms with E-state index in [9.17, 15) is 19.5 Å². The van der Waals surface area contributed by atoms with Crippen LogP contribution in [0, 0.1) is 0 Å². The van der Waals surface area contributed by atoms with Crippen molar-refractivity contribution in [2.75, 3.05) is 54.6 Å². The summed E-state index contributed by atoms with van der Waals surface area (Å²) in [6.45, 7) is 9.77. The van der Waals surface area contributed by atoms with Crippen LogP contribution in [0.1, 0.15) is 54.4 Å². The molecule has 42 heavy (non-hydrogen) atoms. The van der Waals surface area contributed by atoms with Crippen molar-refractivity contribution >= 4 is 18.1 Å². The van der Waals surface area contributed by atoms with Crippen molar-refractivity contribution in [2.24, 2.45) is 0 Å². The normalized spacial score (nSPS) is 28.3. The molecule has 1 unspecified atom stereocenters. The highest BCUT2D eigenvalue weighted by Gasteiger charge is 2.58. The first-order valence-electron chi connectivity index (χ1n) is 13.9. The van der Waals surface area contributed by atoms with E-state index in [1.54, 1.807) is 41.5 Å². The van der Waals surface area contributed by atoms with Gasteiger partial charge in [0.2, 0.25) is 5.91 Å². The lowest BCUT2D eigenvalue weighted by Crippen LogP contribution is -2.75. The van der Waals surface area contributed by atoms with E-state index in [1.807, 2.05) is 0 Å². The number of nitrogens with zero attached hydrogens (tertiary/aromatic N) is 1. The number of carbonyl (C=O) groups is 3. The molecule has 2 aliphatic rings. The summed E-state index contributed by atoms with van der Waals surface area (Å²) in [7, 11) is 4.18. The molecule has 0 aromatic carbocycles.